The summed E-state index contributed by atoms with van der Waals surface area (Å²) in [6.45, 7) is 2.86. The van der Waals surface area contributed by atoms with E-state index in [1.807, 2.05) is 55.5 Å². The lowest BCUT2D eigenvalue weighted by Gasteiger charge is -2.08. The largest absolute Gasteiger partial charge is 0.489 e. The van der Waals surface area contributed by atoms with Crippen LogP contribution in [-0.2, 0) is 24.4 Å². The number of aryl methyl sites for hydroxylation is 1. The molecule has 5 rings (SSSR count). The molecule has 3 heterocycles. The van der Waals surface area contributed by atoms with Gasteiger partial charge in [0.05, 0.1) is 18.3 Å². The number of rotatable bonds is 7. The highest BCUT2D eigenvalue weighted by molar-refractivity contribution is 6.10. The third-order valence-electron chi connectivity index (χ3n) is 5.23. The number of hydrogen-bond acceptors (Lipinski definition) is 6. The molecule has 0 saturated carbocycles. The number of H-pyrrole nitrogens is 1. The monoisotopic (exact) mass is 414 g/mol. The lowest BCUT2D eigenvalue weighted by atomic mass is 10.1. The molecule has 0 amide bonds. The average Bonchev–Trinajstić information content (AvgIpc) is 3.43. The van der Waals surface area contributed by atoms with E-state index in [0.29, 0.717) is 37.0 Å². The fourth-order valence-corrected chi connectivity index (χ4v) is 3.73. The number of hydrogen-bond donors (Lipinski definition) is 1. The molecule has 0 bridgehead atoms. The van der Waals surface area contributed by atoms with Gasteiger partial charge in [0.2, 0.25) is 0 Å². The molecule has 31 heavy (non-hydrogen) atoms. The molecule has 0 aliphatic rings. The van der Waals surface area contributed by atoms with Gasteiger partial charge in [-0.25, -0.2) is 4.98 Å². The molecule has 7 heteroatoms. The predicted molar refractivity (Wildman–Crippen MR) is 118 cm³/mol. The Kier molecular flexibility index (Phi) is 5.09. The lowest BCUT2D eigenvalue weighted by molar-refractivity contribution is 0.186. The van der Waals surface area contributed by atoms with Crippen molar-refractivity contribution in [2.24, 2.45) is 0 Å². The van der Waals surface area contributed by atoms with Crippen molar-refractivity contribution in [2.75, 3.05) is 7.11 Å². The second kappa shape index (κ2) is 8.20. The quantitative estimate of drug-likeness (QED) is 0.401. The van der Waals surface area contributed by atoms with Crippen LogP contribution >= 0.6 is 0 Å². The SMILES string of the molecule is CCc1noc(-c2ncc3[nH]c4ccc(OCc5ccccc5)cc4c3c2COC)n1. The molecule has 0 atom stereocenters. The first-order valence-corrected chi connectivity index (χ1v) is 10.2. The van der Waals surface area contributed by atoms with Gasteiger partial charge in [0, 0.05) is 35.4 Å². The van der Waals surface area contributed by atoms with Crippen molar-refractivity contribution in [1.29, 1.82) is 0 Å². The number of benzene rings is 2. The summed E-state index contributed by atoms with van der Waals surface area (Å²) < 4.78 is 17.0. The van der Waals surface area contributed by atoms with Gasteiger partial charge in [0.25, 0.3) is 5.89 Å². The Labute approximate surface area is 179 Å². The fraction of sp³-hybridized carbons (Fsp3) is 0.208. The molecule has 0 radical (unpaired) electrons. The Morgan fingerprint density at radius 3 is 2.68 bits per heavy atom. The first kappa shape index (κ1) is 19.3. The van der Waals surface area contributed by atoms with Crippen molar-refractivity contribution in [3.8, 4) is 17.3 Å². The van der Waals surface area contributed by atoms with Crippen LogP contribution < -0.4 is 4.74 Å². The van der Waals surface area contributed by atoms with Crippen LogP contribution in [0, 0.1) is 0 Å². The Bertz CT molecular complexity index is 1340. The third-order valence-corrected chi connectivity index (χ3v) is 5.23. The van der Waals surface area contributed by atoms with E-state index in [4.69, 9.17) is 14.0 Å². The molecule has 2 aromatic carbocycles. The van der Waals surface area contributed by atoms with E-state index in [1.165, 1.54) is 0 Å². The maximum Gasteiger partial charge on any atom is 0.276 e. The Morgan fingerprint density at radius 1 is 1.03 bits per heavy atom. The summed E-state index contributed by atoms with van der Waals surface area (Å²) in [5.74, 6) is 1.84. The molecule has 1 N–H and O–H groups in total. The molecule has 0 aliphatic carbocycles. The maximum atomic E-state index is 6.05. The van der Waals surface area contributed by atoms with Gasteiger partial charge in [-0.2, -0.15) is 4.98 Å². The van der Waals surface area contributed by atoms with E-state index in [2.05, 4.69) is 20.1 Å². The van der Waals surface area contributed by atoms with Crippen LogP contribution in [0.15, 0.2) is 59.3 Å². The van der Waals surface area contributed by atoms with E-state index in [9.17, 15) is 0 Å². The highest BCUT2D eigenvalue weighted by Crippen LogP contribution is 2.35. The zero-order chi connectivity index (χ0) is 21.2. The third kappa shape index (κ3) is 3.64. The number of fused-ring (bicyclic) bond motifs is 3. The number of ether oxygens (including phenoxy) is 2. The molecule has 3 aromatic heterocycles. The Morgan fingerprint density at radius 2 is 1.90 bits per heavy atom. The van der Waals surface area contributed by atoms with Crippen LogP contribution in [0.4, 0.5) is 0 Å². The van der Waals surface area contributed by atoms with E-state index in [0.717, 1.165) is 38.7 Å². The zero-order valence-electron chi connectivity index (χ0n) is 17.4. The van der Waals surface area contributed by atoms with Crippen molar-refractivity contribution in [1.82, 2.24) is 20.1 Å². The van der Waals surface area contributed by atoms with Gasteiger partial charge in [0.15, 0.2) is 5.82 Å². The number of nitrogens with zero attached hydrogens (tertiary/aromatic N) is 3. The van der Waals surface area contributed by atoms with Crippen LogP contribution in [0.2, 0.25) is 0 Å². The molecule has 156 valence electrons. The van der Waals surface area contributed by atoms with Crippen molar-refractivity contribution in [2.45, 2.75) is 26.6 Å². The molecule has 0 spiro atoms. The van der Waals surface area contributed by atoms with E-state index < -0.39 is 0 Å². The van der Waals surface area contributed by atoms with Crippen LogP contribution in [-0.4, -0.2) is 27.2 Å². The maximum absolute atomic E-state index is 6.05. The molecule has 7 nitrogen and oxygen atoms in total. The highest BCUT2D eigenvalue weighted by Gasteiger charge is 2.20. The Hall–Kier alpha value is -3.71. The number of pyridine rings is 1. The minimum atomic E-state index is 0.367. The molecule has 0 fully saturated rings. The van der Waals surface area contributed by atoms with Gasteiger partial charge in [-0.15, -0.1) is 0 Å². The number of methoxy groups -OCH3 is 1. The summed E-state index contributed by atoms with van der Waals surface area (Å²) in [5.41, 5.74) is 4.58. The summed E-state index contributed by atoms with van der Waals surface area (Å²) in [6, 6.07) is 16.2. The normalized spacial score (nSPS) is 11.4. The van der Waals surface area contributed by atoms with Gasteiger partial charge in [0.1, 0.15) is 18.1 Å². The number of nitrogens with one attached hydrogen (secondary N) is 1. The number of aromatic nitrogens is 4. The molecule has 0 unspecified atom stereocenters. The number of aromatic amines is 1. The second-order valence-electron chi connectivity index (χ2n) is 7.28. The zero-order valence-corrected chi connectivity index (χ0v) is 17.4. The van der Waals surface area contributed by atoms with E-state index >= 15 is 0 Å². The van der Waals surface area contributed by atoms with Gasteiger partial charge in [-0.1, -0.05) is 42.4 Å². The highest BCUT2D eigenvalue weighted by atomic mass is 16.5. The lowest BCUT2D eigenvalue weighted by Crippen LogP contribution is -1.97. The minimum absolute atomic E-state index is 0.367. The van der Waals surface area contributed by atoms with E-state index in [1.54, 1.807) is 13.3 Å². The summed E-state index contributed by atoms with van der Waals surface area (Å²) >= 11 is 0. The summed E-state index contributed by atoms with van der Waals surface area (Å²) in [7, 11) is 1.66. The van der Waals surface area contributed by atoms with Crippen LogP contribution in [0.25, 0.3) is 33.4 Å². The molecular weight excluding hydrogens is 392 g/mol. The molecule has 0 aliphatic heterocycles. The van der Waals surface area contributed by atoms with Crippen molar-refractivity contribution >= 4 is 21.8 Å². The van der Waals surface area contributed by atoms with Gasteiger partial charge < -0.3 is 19.0 Å². The summed E-state index contributed by atoms with van der Waals surface area (Å²) in [6.07, 6.45) is 2.49. The summed E-state index contributed by atoms with van der Waals surface area (Å²) in [5, 5.41) is 6.07. The standard InChI is InChI=1S/C24H22N4O3/c1-3-21-27-24(31-28-21)23-18(14-29-2)22-17-11-16(30-13-15-7-5-4-6-8-15)9-10-19(17)26-20(22)12-25-23/h4-12,26H,3,13-14H2,1-2H3. The topological polar surface area (TPSA) is 86.1 Å². The van der Waals surface area contributed by atoms with Gasteiger partial charge in [-0.3, -0.25) is 0 Å². The molecule has 0 saturated heterocycles. The van der Waals surface area contributed by atoms with Gasteiger partial charge >= 0.3 is 0 Å². The summed E-state index contributed by atoms with van der Waals surface area (Å²) in [4.78, 5) is 12.5. The van der Waals surface area contributed by atoms with Crippen LogP contribution in [0.3, 0.4) is 0 Å². The molecular formula is C24H22N4O3. The first-order valence-electron chi connectivity index (χ1n) is 10.2. The minimum Gasteiger partial charge on any atom is -0.489 e. The second-order valence-corrected chi connectivity index (χ2v) is 7.28. The average molecular weight is 414 g/mol. The van der Waals surface area contributed by atoms with Crippen molar-refractivity contribution in [3.63, 3.8) is 0 Å². The van der Waals surface area contributed by atoms with Crippen molar-refractivity contribution in [3.05, 3.63) is 71.7 Å². The van der Waals surface area contributed by atoms with Crippen molar-refractivity contribution < 1.29 is 14.0 Å². The fourth-order valence-electron chi connectivity index (χ4n) is 3.73. The van der Waals surface area contributed by atoms with E-state index in [-0.39, 0.29) is 0 Å². The first-order chi connectivity index (χ1) is 15.3. The van der Waals surface area contributed by atoms with Crippen LogP contribution in [0.1, 0.15) is 23.9 Å². The Balaban J connectivity index is 1.61. The van der Waals surface area contributed by atoms with Crippen LogP contribution in [0.5, 0.6) is 5.75 Å². The van der Waals surface area contributed by atoms with Gasteiger partial charge in [-0.05, 0) is 23.8 Å². The smallest absolute Gasteiger partial charge is 0.276 e. The molecule has 5 aromatic rings. The predicted octanol–water partition coefficient (Wildman–Crippen LogP) is 5.05.